The van der Waals surface area contributed by atoms with Gasteiger partial charge in [-0.05, 0) is 58.0 Å². The van der Waals surface area contributed by atoms with Gasteiger partial charge in [-0.3, -0.25) is 9.98 Å². The number of rotatable bonds is 2. The van der Waals surface area contributed by atoms with E-state index in [1.165, 1.54) is 26.7 Å². The van der Waals surface area contributed by atoms with Gasteiger partial charge in [0.05, 0.1) is 12.7 Å². The number of pyridine rings is 1. The van der Waals surface area contributed by atoms with E-state index in [-0.39, 0.29) is 5.82 Å². The van der Waals surface area contributed by atoms with Gasteiger partial charge in [0.1, 0.15) is 5.82 Å². The molecule has 3 heterocycles. The average molecular weight is 344 g/mol. The summed E-state index contributed by atoms with van der Waals surface area (Å²) in [5, 5.41) is 1.23. The number of nitrogens with zero attached hydrogens (tertiary/aromatic N) is 2. The molecular formula is C21H13FN2S. The molecule has 2 nitrogen and oxygen atoms in total. The molecule has 0 saturated heterocycles. The molecule has 0 radical (unpaired) electrons. The number of hydrogen-bond acceptors (Lipinski definition) is 3. The second-order valence-electron chi connectivity index (χ2n) is 6.07. The van der Waals surface area contributed by atoms with E-state index in [2.05, 4.69) is 46.4 Å². The highest BCUT2D eigenvalue weighted by atomic mass is 32.1. The second kappa shape index (κ2) is 5.60. The number of fused-ring (bicyclic) bond motifs is 2. The summed E-state index contributed by atoms with van der Waals surface area (Å²) < 4.78 is 15.5. The molecule has 0 atom stereocenters. The van der Waals surface area contributed by atoms with Crippen LogP contribution in [-0.2, 0) is 6.54 Å². The van der Waals surface area contributed by atoms with Crippen LogP contribution in [-0.4, -0.2) is 11.2 Å². The van der Waals surface area contributed by atoms with Gasteiger partial charge >= 0.3 is 0 Å². The molecule has 2 aromatic carbocycles. The Morgan fingerprint density at radius 1 is 1.00 bits per heavy atom. The molecule has 0 aliphatic carbocycles. The summed E-state index contributed by atoms with van der Waals surface area (Å²) in [5.74, 6) is -0.306. The van der Waals surface area contributed by atoms with E-state index in [4.69, 9.17) is 0 Å². The quantitative estimate of drug-likeness (QED) is 0.458. The third-order valence-electron chi connectivity index (χ3n) is 4.54. The lowest BCUT2D eigenvalue weighted by atomic mass is 9.95. The van der Waals surface area contributed by atoms with Crippen molar-refractivity contribution in [3.05, 3.63) is 77.9 Å². The predicted molar refractivity (Wildman–Crippen MR) is 102 cm³/mol. The molecule has 0 amide bonds. The van der Waals surface area contributed by atoms with Gasteiger partial charge in [0.15, 0.2) is 0 Å². The Morgan fingerprint density at radius 3 is 2.80 bits per heavy atom. The highest BCUT2D eigenvalue weighted by molar-refractivity contribution is 7.22. The van der Waals surface area contributed by atoms with E-state index in [1.807, 2.05) is 12.3 Å². The molecule has 0 bridgehead atoms. The fourth-order valence-electron chi connectivity index (χ4n) is 3.32. The average Bonchev–Trinajstić information content (AvgIpc) is 3.27. The number of hydrogen-bond donors (Lipinski definition) is 0. The Balaban J connectivity index is 1.76. The second-order valence-corrected chi connectivity index (χ2v) is 7.15. The summed E-state index contributed by atoms with van der Waals surface area (Å²) in [6.45, 7) is 0.679. The largest absolute Gasteiger partial charge is 0.288 e. The minimum absolute atomic E-state index is 0.306. The van der Waals surface area contributed by atoms with Crippen LogP contribution >= 0.6 is 11.3 Å². The summed E-state index contributed by atoms with van der Waals surface area (Å²) in [6.07, 6.45) is 4.77. The lowest BCUT2D eigenvalue weighted by Gasteiger charge is -2.11. The molecule has 25 heavy (non-hydrogen) atoms. The van der Waals surface area contributed by atoms with Crippen LogP contribution in [0.25, 0.3) is 31.7 Å². The smallest absolute Gasteiger partial charge is 0.149 e. The normalized spacial score (nSPS) is 12.7. The summed E-state index contributed by atoms with van der Waals surface area (Å²) in [5.41, 5.74) is 4.85. The van der Waals surface area contributed by atoms with Crippen LogP contribution in [0.5, 0.6) is 0 Å². The predicted octanol–water partition coefficient (Wildman–Crippen LogP) is 5.70. The number of aliphatic imine (C=N–C) groups is 1. The number of halogens is 1. The molecule has 1 aliphatic heterocycles. The number of benzene rings is 2. The Morgan fingerprint density at radius 2 is 1.92 bits per heavy atom. The van der Waals surface area contributed by atoms with Crippen LogP contribution < -0.4 is 0 Å². The van der Waals surface area contributed by atoms with Crippen molar-refractivity contribution in [2.75, 3.05) is 0 Å². The highest BCUT2D eigenvalue weighted by Gasteiger charge is 2.18. The molecule has 4 heteroatoms. The Kier molecular flexibility index (Phi) is 3.25. The van der Waals surface area contributed by atoms with Crippen molar-refractivity contribution >= 4 is 27.6 Å². The van der Waals surface area contributed by atoms with Gasteiger partial charge in [-0.25, -0.2) is 4.39 Å². The molecule has 5 rings (SSSR count). The monoisotopic (exact) mass is 344 g/mol. The van der Waals surface area contributed by atoms with Crippen molar-refractivity contribution in [2.45, 2.75) is 6.54 Å². The van der Waals surface area contributed by atoms with Crippen molar-refractivity contribution in [3.63, 3.8) is 0 Å². The lowest BCUT2D eigenvalue weighted by Crippen LogP contribution is -1.93. The highest BCUT2D eigenvalue weighted by Crippen LogP contribution is 2.40. The zero-order chi connectivity index (χ0) is 16.8. The summed E-state index contributed by atoms with van der Waals surface area (Å²) in [7, 11) is 0. The van der Waals surface area contributed by atoms with E-state index in [1.54, 1.807) is 23.6 Å². The third-order valence-corrected chi connectivity index (χ3v) is 5.69. The van der Waals surface area contributed by atoms with Gasteiger partial charge in [-0.1, -0.05) is 18.2 Å². The van der Waals surface area contributed by atoms with Crippen LogP contribution in [0.3, 0.4) is 0 Å². The molecule has 1 aliphatic rings. The number of thiophene rings is 1. The Hall–Kier alpha value is -2.85. The summed E-state index contributed by atoms with van der Waals surface area (Å²) >= 11 is 1.76. The first kappa shape index (κ1) is 14.5. The van der Waals surface area contributed by atoms with Gasteiger partial charge in [0, 0.05) is 27.6 Å². The summed E-state index contributed by atoms with van der Waals surface area (Å²) in [4.78, 5) is 9.47. The maximum Gasteiger partial charge on any atom is 0.149 e. The summed E-state index contributed by atoms with van der Waals surface area (Å²) in [6, 6.07) is 16.4. The molecule has 0 fully saturated rings. The fraction of sp³-hybridized carbons (Fsp3) is 0.0476. The minimum atomic E-state index is -0.306. The zero-order valence-corrected chi connectivity index (χ0v) is 14.1. The van der Waals surface area contributed by atoms with Crippen molar-refractivity contribution in [3.8, 4) is 21.6 Å². The minimum Gasteiger partial charge on any atom is -0.288 e. The van der Waals surface area contributed by atoms with Crippen molar-refractivity contribution < 1.29 is 4.39 Å². The molecule has 120 valence electrons. The molecule has 4 aromatic rings. The molecule has 0 saturated carbocycles. The SMILES string of the molecule is Fc1cnccc1-c1cc2c(c(-c3cc4ccccc4s3)c1)CN=C2. The van der Waals surface area contributed by atoms with Gasteiger partial charge < -0.3 is 0 Å². The Bertz CT molecular complexity index is 1110. The third kappa shape index (κ3) is 2.37. The maximum absolute atomic E-state index is 14.2. The van der Waals surface area contributed by atoms with E-state index in [0.29, 0.717) is 12.1 Å². The van der Waals surface area contributed by atoms with Crippen LogP contribution in [0.15, 0.2) is 65.9 Å². The standard InChI is InChI=1S/C21H13FN2S/c22-19-12-23-6-5-16(19)14-7-15-10-24-11-18(15)17(8-14)21-9-13-3-1-2-4-20(13)25-21/h1-10,12H,11H2. The van der Waals surface area contributed by atoms with Gasteiger partial charge in [0.25, 0.3) is 0 Å². The number of aromatic nitrogens is 1. The first-order chi connectivity index (χ1) is 12.3. The zero-order valence-electron chi connectivity index (χ0n) is 13.2. The molecule has 0 unspecified atom stereocenters. The van der Waals surface area contributed by atoms with E-state index in [9.17, 15) is 4.39 Å². The van der Waals surface area contributed by atoms with E-state index in [0.717, 1.165) is 16.7 Å². The molecule has 0 N–H and O–H groups in total. The van der Waals surface area contributed by atoms with Crippen LogP contribution in [0.1, 0.15) is 11.1 Å². The van der Waals surface area contributed by atoms with E-state index < -0.39 is 0 Å². The lowest BCUT2D eigenvalue weighted by molar-refractivity contribution is 0.625. The first-order valence-electron chi connectivity index (χ1n) is 8.05. The maximum atomic E-state index is 14.2. The van der Waals surface area contributed by atoms with Crippen LogP contribution in [0.4, 0.5) is 4.39 Å². The topological polar surface area (TPSA) is 25.2 Å². The van der Waals surface area contributed by atoms with Gasteiger partial charge in [-0.15, -0.1) is 11.3 Å². The Labute approximate surface area is 148 Å². The van der Waals surface area contributed by atoms with Crippen molar-refractivity contribution in [1.29, 1.82) is 0 Å². The van der Waals surface area contributed by atoms with Crippen LogP contribution in [0, 0.1) is 5.82 Å². The van der Waals surface area contributed by atoms with Gasteiger partial charge in [-0.2, -0.15) is 0 Å². The fourth-order valence-corrected chi connectivity index (χ4v) is 4.43. The molecule has 2 aromatic heterocycles. The van der Waals surface area contributed by atoms with Crippen molar-refractivity contribution in [2.24, 2.45) is 4.99 Å². The molecule has 0 spiro atoms. The van der Waals surface area contributed by atoms with E-state index >= 15 is 0 Å². The van der Waals surface area contributed by atoms with Crippen LogP contribution in [0.2, 0.25) is 0 Å². The first-order valence-corrected chi connectivity index (χ1v) is 8.87. The molecular weight excluding hydrogens is 331 g/mol. The van der Waals surface area contributed by atoms with Gasteiger partial charge in [0.2, 0.25) is 0 Å². The van der Waals surface area contributed by atoms with Crippen molar-refractivity contribution in [1.82, 2.24) is 4.98 Å².